The number of ketones is 2. The monoisotopic (exact) mass is 326 g/mol. The number of phenolic OH excluding ortho intramolecular Hbond substituents is 2. The van der Waals surface area contributed by atoms with Gasteiger partial charge < -0.3 is 14.9 Å². The van der Waals surface area contributed by atoms with Gasteiger partial charge in [-0.15, -0.1) is 0 Å². The van der Waals surface area contributed by atoms with Crippen LogP contribution < -0.4 is 0 Å². The van der Waals surface area contributed by atoms with Gasteiger partial charge in [-0.05, 0) is 18.2 Å². The molecule has 24 heavy (non-hydrogen) atoms. The van der Waals surface area contributed by atoms with Gasteiger partial charge in [0.2, 0.25) is 5.78 Å². The van der Waals surface area contributed by atoms with Crippen LogP contribution in [0.3, 0.4) is 0 Å². The summed E-state index contributed by atoms with van der Waals surface area (Å²) in [7, 11) is 0. The number of esters is 2. The number of aromatic hydroxyl groups is 2. The third-order valence-electron chi connectivity index (χ3n) is 3.58. The van der Waals surface area contributed by atoms with Crippen LogP contribution in [0.1, 0.15) is 49.1 Å². The average Bonchev–Trinajstić information content (AvgIpc) is 2.51. The van der Waals surface area contributed by atoms with Crippen molar-refractivity contribution in [2.24, 2.45) is 0 Å². The average molecular weight is 326 g/mol. The first-order valence-corrected chi connectivity index (χ1v) is 6.82. The Hall–Kier alpha value is -3.48. The molecule has 0 atom stereocenters. The SMILES string of the molecule is CC(=O)OC(=O)c1cc(O)c2c(c1)C(=O)c1cccc(O)c1C2=O. The molecule has 2 N–H and O–H groups in total. The third-order valence-corrected chi connectivity index (χ3v) is 3.58. The molecule has 2 aromatic rings. The van der Waals surface area contributed by atoms with E-state index in [1.54, 1.807) is 0 Å². The molecular weight excluding hydrogens is 316 g/mol. The Kier molecular flexibility index (Phi) is 3.41. The molecule has 0 saturated carbocycles. The molecule has 0 saturated heterocycles. The van der Waals surface area contributed by atoms with Crippen molar-refractivity contribution in [1.29, 1.82) is 0 Å². The van der Waals surface area contributed by atoms with Crippen LogP contribution in [-0.4, -0.2) is 33.7 Å². The maximum atomic E-state index is 12.6. The van der Waals surface area contributed by atoms with Gasteiger partial charge in [0.25, 0.3) is 0 Å². The highest BCUT2D eigenvalue weighted by Gasteiger charge is 2.35. The predicted octanol–water partition coefficient (Wildman–Crippen LogP) is 1.58. The fraction of sp³-hybridized carbons (Fsp3) is 0.0588. The molecule has 0 spiro atoms. The van der Waals surface area contributed by atoms with Gasteiger partial charge in [-0.25, -0.2) is 4.79 Å². The zero-order chi connectivity index (χ0) is 17.6. The molecular formula is C17H10O7. The quantitative estimate of drug-likeness (QED) is 0.515. The molecule has 0 amide bonds. The molecule has 1 aliphatic carbocycles. The summed E-state index contributed by atoms with van der Waals surface area (Å²) in [6.07, 6.45) is 0. The first-order chi connectivity index (χ1) is 11.3. The van der Waals surface area contributed by atoms with E-state index < -0.39 is 29.3 Å². The molecule has 0 bridgehead atoms. The summed E-state index contributed by atoms with van der Waals surface area (Å²) < 4.78 is 4.41. The molecule has 120 valence electrons. The van der Waals surface area contributed by atoms with Gasteiger partial charge in [0.1, 0.15) is 11.5 Å². The van der Waals surface area contributed by atoms with Crippen molar-refractivity contribution in [3.8, 4) is 11.5 Å². The first kappa shape index (κ1) is 15.4. The minimum absolute atomic E-state index is 0.0380. The standard InChI is InChI=1S/C17H10O7/c1-7(18)24-17(23)8-5-10-14(12(20)6-8)16(22)13-9(15(10)21)3-2-4-11(13)19/h2-6,19-20H,1H3. The van der Waals surface area contributed by atoms with E-state index in [2.05, 4.69) is 4.74 Å². The highest BCUT2D eigenvalue weighted by atomic mass is 16.6. The van der Waals surface area contributed by atoms with Crippen molar-refractivity contribution in [2.75, 3.05) is 0 Å². The van der Waals surface area contributed by atoms with E-state index in [1.165, 1.54) is 18.2 Å². The van der Waals surface area contributed by atoms with Crippen LogP contribution in [0.2, 0.25) is 0 Å². The van der Waals surface area contributed by atoms with E-state index in [9.17, 15) is 29.4 Å². The summed E-state index contributed by atoms with van der Waals surface area (Å²) in [5.74, 6) is -4.27. The van der Waals surface area contributed by atoms with Crippen molar-refractivity contribution in [1.82, 2.24) is 0 Å². The number of rotatable bonds is 1. The molecule has 0 fully saturated rings. The topological polar surface area (TPSA) is 118 Å². The largest absolute Gasteiger partial charge is 0.507 e. The molecule has 0 aromatic heterocycles. The minimum Gasteiger partial charge on any atom is -0.507 e. The number of ether oxygens (including phenoxy) is 1. The van der Waals surface area contributed by atoms with Crippen molar-refractivity contribution < 1.29 is 34.1 Å². The maximum Gasteiger partial charge on any atom is 0.345 e. The Labute approximate surface area is 135 Å². The van der Waals surface area contributed by atoms with Crippen LogP contribution in [0.15, 0.2) is 30.3 Å². The lowest BCUT2D eigenvalue weighted by atomic mass is 9.82. The number of hydrogen-bond acceptors (Lipinski definition) is 7. The van der Waals surface area contributed by atoms with Gasteiger partial charge >= 0.3 is 11.9 Å². The lowest BCUT2D eigenvalue weighted by Gasteiger charge is -2.19. The van der Waals surface area contributed by atoms with Crippen LogP contribution in [0.5, 0.6) is 11.5 Å². The molecule has 7 heteroatoms. The third kappa shape index (κ3) is 2.23. The lowest BCUT2D eigenvalue weighted by Crippen LogP contribution is -2.22. The van der Waals surface area contributed by atoms with Crippen LogP contribution in [-0.2, 0) is 9.53 Å². The molecule has 1 aliphatic rings. The van der Waals surface area contributed by atoms with Crippen molar-refractivity contribution in [2.45, 2.75) is 6.92 Å². The number of carbonyl (C=O) groups is 4. The van der Waals surface area contributed by atoms with Crippen LogP contribution in [0.25, 0.3) is 0 Å². The zero-order valence-corrected chi connectivity index (χ0v) is 12.3. The summed E-state index contributed by atoms with van der Waals surface area (Å²) in [4.78, 5) is 47.7. The van der Waals surface area contributed by atoms with Gasteiger partial charge in [-0.2, -0.15) is 0 Å². The minimum atomic E-state index is -1.05. The Morgan fingerprint density at radius 1 is 0.917 bits per heavy atom. The maximum absolute atomic E-state index is 12.6. The van der Waals surface area contributed by atoms with E-state index in [4.69, 9.17) is 0 Å². The highest BCUT2D eigenvalue weighted by Crippen LogP contribution is 2.37. The lowest BCUT2D eigenvalue weighted by molar-refractivity contribution is -0.135. The summed E-state index contributed by atoms with van der Waals surface area (Å²) >= 11 is 0. The second-order valence-electron chi connectivity index (χ2n) is 5.16. The molecule has 0 unspecified atom stereocenters. The predicted molar refractivity (Wildman–Crippen MR) is 79.2 cm³/mol. The Balaban J connectivity index is 2.20. The Morgan fingerprint density at radius 3 is 2.25 bits per heavy atom. The molecule has 2 aromatic carbocycles. The molecule has 7 nitrogen and oxygen atoms in total. The van der Waals surface area contributed by atoms with Gasteiger partial charge in [0, 0.05) is 18.1 Å². The fourth-order valence-electron chi connectivity index (χ4n) is 2.59. The fourth-order valence-corrected chi connectivity index (χ4v) is 2.59. The van der Waals surface area contributed by atoms with Gasteiger partial charge in [-0.1, -0.05) is 12.1 Å². The van der Waals surface area contributed by atoms with Crippen LogP contribution in [0.4, 0.5) is 0 Å². The second kappa shape index (κ2) is 5.31. The van der Waals surface area contributed by atoms with Crippen LogP contribution in [0, 0.1) is 0 Å². The van der Waals surface area contributed by atoms with Crippen LogP contribution >= 0.6 is 0 Å². The van der Waals surface area contributed by atoms with E-state index in [-0.39, 0.29) is 33.6 Å². The van der Waals surface area contributed by atoms with E-state index in [0.29, 0.717) is 0 Å². The summed E-state index contributed by atoms with van der Waals surface area (Å²) in [6, 6.07) is 6.02. The molecule has 0 radical (unpaired) electrons. The molecule has 3 rings (SSSR count). The normalized spacial score (nSPS) is 12.4. The van der Waals surface area contributed by atoms with E-state index in [0.717, 1.165) is 19.1 Å². The number of benzene rings is 2. The van der Waals surface area contributed by atoms with Crippen molar-refractivity contribution >= 4 is 23.5 Å². The summed E-state index contributed by atoms with van der Waals surface area (Å²) in [5, 5.41) is 19.9. The smallest absolute Gasteiger partial charge is 0.345 e. The Bertz CT molecular complexity index is 940. The number of hydrogen-bond donors (Lipinski definition) is 2. The number of phenols is 2. The number of fused-ring (bicyclic) bond motifs is 2. The molecule has 0 aliphatic heterocycles. The summed E-state index contributed by atoms with van der Waals surface area (Å²) in [5.41, 5.74) is -0.999. The second-order valence-corrected chi connectivity index (χ2v) is 5.16. The van der Waals surface area contributed by atoms with E-state index in [1.807, 2.05) is 0 Å². The first-order valence-electron chi connectivity index (χ1n) is 6.82. The summed E-state index contributed by atoms with van der Waals surface area (Å²) in [6.45, 7) is 1.03. The van der Waals surface area contributed by atoms with Gasteiger partial charge in [0.05, 0.1) is 16.7 Å². The van der Waals surface area contributed by atoms with Gasteiger partial charge in [0.15, 0.2) is 5.78 Å². The van der Waals surface area contributed by atoms with E-state index >= 15 is 0 Å². The Morgan fingerprint density at radius 2 is 1.58 bits per heavy atom. The van der Waals surface area contributed by atoms with Crippen molar-refractivity contribution in [3.05, 3.63) is 58.1 Å². The van der Waals surface area contributed by atoms with Gasteiger partial charge in [-0.3, -0.25) is 14.4 Å². The highest BCUT2D eigenvalue weighted by molar-refractivity contribution is 6.30. The number of carbonyl (C=O) groups excluding carboxylic acids is 4. The zero-order valence-electron chi connectivity index (χ0n) is 12.3. The van der Waals surface area contributed by atoms with Crippen molar-refractivity contribution in [3.63, 3.8) is 0 Å². The molecule has 0 heterocycles.